The molecule has 0 aliphatic carbocycles. The summed E-state index contributed by atoms with van der Waals surface area (Å²) in [7, 11) is 0. The minimum absolute atomic E-state index is 0.0371. The van der Waals surface area contributed by atoms with E-state index in [4.69, 9.17) is 14.2 Å². The highest BCUT2D eigenvalue weighted by Crippen LogP contribution is 2.47. The lowest BCUT2D eigenvalue weighted by Gasteiger charge is -2.38. The van der Waals surface area contributed by atoms with Crippen molar-refractivity contribution in [3.63, 3.8) is 0 Å². The zero-order valence-electron chi connectivity index (χ0n) is 18.2. The van der Waals surface area contributed by atoms with Gasteiger partial charge in [0.05, 0.1) is 37.9 Å². The first-order valence-corrected chi connectivity index (χ1v) is 11.3. The summed E-state index contributed by atoms with van der Waals surface area (Å²) in [6.07, 6.45) is 2.82. The highest BCUT2D eigenvalue weighted by Gasteiger charge is 2.46. The van der Waals surface area contributed by atoms with E-state index in [-0.39, 0.29) is 43.0 Å². The van der Waals surface area contributed by atoms with E-state index in [2.05, 4.69) is 10.3 Å². The van der Waals surface area contributed by atoms with Gasteiger partial charge in [-0.1, -0.05) is 0 Å². The largest absolute Gasteiger partial charge is 0.487 e. The molecule has 2 aromatic rings. The second-order valence-corrected chi connectivity index (χ2v) is 8.55. The summed E-state index contributed by atoms with van der Waals surface area (Å²) in [6, 6.07) is 8.95. The van der Waals surface area contributed by atoms with Crippen molar-refractivity contribution >= 4 is 17.5 Å². The Kier molecular flexibility index (Phi) is 6.26. The Morgan fingerprint density at radius 3 is 2.82 bits per heavy atom. The number of aromatic nitrogens is 1. The van der Waals surface area contributed by atoms with Crippen molar-refractivity contribution in [2.45, 2.75) is 37.1 Å². The number of aliphatic hydroxyl groups excluding tert-OH is 1. The maximum atomic E-state index is 12.8. The van der Waals surface area contributed by atoms with Gasteiger partial charge in [0.2, 0.25) is 5.91 Å². The molecule has 1 aromatic heterocycles. The number of carbonyl (C=O) groups excluding carboxylic acids is 2. The number of benzene rings is 1. The fraction of sp³-hybridized carbons (Fsp3) is 0.458. The number of nitrogens with zero attached hydrogens (tertiary/aromatic N) is 2. The molecule has 0 bridgehead atoms. The molecule has 3 aliphatic rings. The Balaban J connectivity index is 1.31. The minimum Gasteiger partial charge on any atom is -0.487 e. The van der Waals surface area contributed by atoms with E-state index in [0.29, 0.717) is 49.7 Å². The molecule has 2 saturated heterocycles. The summed E-state index contributed by atoms with van der Waals surface area (Å²) in [5, 5.41) is 12.8. The fourth-order valence-corrected chi connectivity index (χ4v) is 4.80. The fourth-order valence-electron chi connectivity index (χ4n) is 4.80. The number of fused-ring (bicyclic) bond motifs is 3. The first kappa shape index (κ1) is 21.8. The van der Waals surface area contributed by atoms with Gasteiger partial charge in [-0.2, -0.15) is 0 Å². The van der Waals surface area contributed by atoms with Gasteiger partial charge in [0.1, 0.15) is 18.0 Å². The smallest absolute Gasteiger partial charge is 0.257 e. The van der Waals surface area contributed by atoms with Gasteiger partial charge in [0.25, 0.3) is 5.91 Å². The molecule has 5 rings (SSSR count). The standard InChI is InChI=1S/C24H27N3O6/c28-14-21-23-19(11-17(32-21)12-22(29)27-6-8-31-9-7-27)18-10-16(3-4-20(18)33-23)26-24(30)15-2-1-5-25-13-15/h1-5,10,13,17,19,21,23,28H,6-9,11-12,14H2,(H,26,30)/t17-,19-,21-,23+/m1/s1. The number of amides is 2. The third kappa shape index (κ3) is 4.57. The molecule has 3 aliphatic heterocycles. The van der Waals surface area contributed by atoms with E-state index >= 15 is 0 Å². The Morgan fingerprint density at radius 2 is 2.06 bits per heavy atom. The molecule has 0 radical (unpaired) electrons. The third-order valence-corrected chi connectivity index (χ3v) is 6.45. The van der Waals surface area contributed by atoms with Crippen LogP contribution in [0.5, 0.6) is 5.75 Å². The number of carbonyl (C=O) groups is 2. The van der Waals surface area contributed by atoms with Crippen LogP contribution in [0.1, 0.15) is 34.7 Å². The van der Waals surface area contributed by atoms with Crippen molar-refractivity contribution in [3.8, 4) is 5.75 Å². The van der Waals surface area contributed by atoms with E-state index in [9.17, 15) is 14.7 Å². The number of anilines is 1. The van der Waals surface area contributed by atoms with Crippen molar-refractivity contribution in [1.82, 2.24) is 9.88 Å². The predicted octanol–water partition coefficient (Wildman–Crippen LogP) is 1.58. The molecule has 33 heavy (non-hydrogen) atoms. The molecule has 0 unspecified atom stereocenters. The van der Waals surface area contributed by atoms with Crippen LogP contribution in [-0.2, 0) is 14.3 Å². The highest BCUT2D eigenvalue weighted by atomic mass is 16.6. The van der Waals surface area contributed by atoms with Crippen molar-refractivity contribution in [2.75, 3.05) is 38.2 Å². The summed E-state index contributed by atoms with van der Waals surface area (Å²) in [5.74, 6) is 0.470. The molecule has 2 amide bonds. The van der Waals surface area contributed by atoms with Gasteiger partial charge < -0.3 is 29.5 Å². The second kappa shape index (κ2) is 9.46. The lowest BCUT2D eigenvalue weighted by molar-refractivity contribution is -0.151. The Labute approximate surface area is 191 Å². The molecule has 4 heterocycles. The van der Waals surface area contributed by atoms with Crippen molar-refractivity contribution in [3.05, 3.63) is 53.9 Å². The minimum atomic E-state index is -0.521. The number of rotatable bonds is 5. The zero-order chi connectivity index (χ0) is 22.8. The second-order valence-electron chi connectivity index (χ2n) is 8.55. The van der Waals surface area contributed by atoms with E-state index in [1.807, 2.05) is 12.1 Å². The van der Waals surface area contributed by atoms with Crippen LogP contribution in [0, 0.1) is 0 Å². The lowest BCUT2D eigenvalue weighted by Crippen LogP contribution is -2.48. The Hall–Kier alpha value is -3.01. The van der Waals surface area contributed by atoms with Crippen LogP contribution < -0.4 is 10.1 Å². The monoisotopic (exact) mass is 453 g/mol. The number of hydrogen-bond donors (Lipinski definition) is 2. The topological polar surface area (TPSA) is 110 Å². The predicted molar refractivity (Wildman–Crippen MR) is 118 cm³/mol. The summed E-state index contributed by atoms with van der Waals surface area (Å²) in [4.78, 5) is 31.1. The van der Waals surface area contributed by atoms with E-state index in [0.717, 1.165) is 5.56 Å². The first-order chi connectivity index (χ1) is 16.1. The Bertz CT molecular complexity index is 1010. The molecule has 9 heteroatoms. The average molecular weight is 453 g/mol. The molecule has 1 aromatic carbocycles. The summed E-state index contributed by atoms with van der Waals surface area (Å²) in [6.45, 7) is 2.09. The number of morpholine rings is 1. The number of ether oxygens (including phenoxy) is 3. The molecule has 2 N–H and O–H groups in total. The number of hydrogen-bond acceptors (Lipinski definition) is 7. The molecule has 0 spiro atoms. The SMILES string of the molecule is O=C(Nc1ccc2c(c1)[C@H]1C[C@H](CC(=O)N3CCOCC3)O[C@H](CO)[C@H]1O2)c1cccnc1. The summed E-state index contributed by atoms with van der Waals surface area (Å²) in [5.41, 5.74) is 2.08. The van der Waals surface area contributed by atoms with Gasteiger partial charge in [-0.25, -0.2) is 0 Å². The molecule has 4 atom stereocenters. The Morgan fingerprint density at radius 1 is 1.21 bits per heavy atom. The molecule has 2 fully saturated rings. The summed E-state index contributed by atoms with van der Waals surface area (Å²) >= 11 is 0. The van der Waals surface area contributed by atoms with Crippen LogP contribution in [0.4, 0.5) is 5.69 Å². The van der Waals surface area contributed by atoms with Gasteiger partial charge in [-0.15, -0.1) is 0 Å². The lowest BCUT2D eigenvalue weighted by atomic mass is 9.84. The van der Waals surface area contributed by atoms with Crippen LogP contribution in [0.15, 0.2) is 42.7 Å². The molecule has 174 valence electrons. The normalized spacial score (nSPS) is 26.2. The van der Waals surface area contributed by atoms with Crippen molar-refractivity contribution in [2.24, 2.45) is 0 Å². The molecule has 0 saturated carbocycles. The number of pyridine rings is 1. The van der Waals surface area contributed by atoms with Crippen molar-refractivity contribution < 1.29 is 28.9 Å². The van der Waals surface area contributed by atoms with Crippen LogP contribution in [0.25, 0.3) is 0 Å². The average Bonchev–Trinajstić information content (AvgIpc) is 3.22. The maximum absolute atomic E-state index is 12.8. The van der Waals surface area contributed by atoms with E-state index in [1.54, 1.807) is 29.3 Å². The quantitative estimate of drug-likeness (QED) is 0.707. The highest BCUT2D eigenvalue weighted by molar-refractivity contribution is 6.04. The van der Waals surface area contributed by atoms with Gasteiger partial charge >= 0.3 is 0 Å². The van der Waals surface area contributed by atoms with Crippen LogP contribution in [0.3, 0.4) is 0 Å². The first-order valence-electron chi connectivity index (χ1n) is 11.3. The van der Waals surface area contributed by atoms with E-state index < -0.39 is 6.10 Å². The molecule has 9 nitrogen and oxygen atoms in total. The number of aliphatic hydroxyl groups is 1. The number of nitrogens with one attached hydrogen (secondary N) is 1. The van der Waals surface area contributed by atoms with Crippen molar-refractivity contribution in [1.29, 1.82) is 0 Å². The van der Waals surface area contributed by atoms with E-state index in [1.165, 1.54) is 6.20 Å². The molecular weight excluding hydrogens is 426 g/mol. The maximum Gasteiger partial charge on any atom is 0.257 e. The van der Waals surface area contributed by atoms with Gasteiger partial charge in [0, 0.05) is 42.7 Å². The van der Waals surface area contributed by atoms with Gasteiger partial charge in [-0.3, -0.25) is 14.6 Å². The van der Waals surface area contributed by atoms with Gasteiger partial charge in [-0.05, 0) is 36.8 Å². The third-order valence-electron chi connectivity index (χ3n) is 6.45. The molecular formula is C24H27N3O6. The van der Waals surface area contributed by atoms with Crippen LogP contribution >= 0.6 is 0 Å². The van der Waals surface area contributed by atoms with Crippen LogP contribution in [0.2, 0.25) is 0 Å². The summed E-state index contributed by atoms with van der Waals surface area (Å²) < 4.78 is 17.5. The zero-order valence-corrected chi connectivity index (χ0v) is 18.2. The van der Waals surface area contributed by atoms with Gasteiger partial charge in [0.15, 0.2) is 0 Å². The van der Waals surface area contributed by atoms with Crippen LogP contribution in [-0.4, -0.2) is 78.0 Å².